The summed E-state index contributed by atoms with van der Waals surface area (Å²) >= 11 is 0. The van der Waals surface area contributed by atoms with Crippen molar-refractivity contribution in [2.24, 2.45) is 5.92 Å². The van der Waals surface area contributed by atoms with Crippen LogP contribution in [-0.2, 0) is 5.41 Å². The Labute approximate surface area is 486 Å². The van der Waals surface area contributed by atoms with Crippen LogP contribution in [-0.4, -0.2) is 4.57 Å². The number of fused-ring (bicyclic) bond motifs is 21. The zero-order valence-electron chi connectivity index (χ0n) is 47.0. The lowest BCUT2D eigenvalue weighted by Gasteiger charge is -2.42. The van der Waals surface area contributed by atoms with E-state index >= 15 is 0 Å². The Kier molecular flexibility index (Phi) is 9.76. The molecule has 11 aromatic carbocycles. The van der Waals surface area contributed by atoms with Gasteiger partial charge >= 0.3 is 0 Å². The third kappa shape index (κ3) is 6.33. The van der Waals surface area contributed by atoms with Crippen molar-refractivity contribution in [2.45, 2.75) is 39.5 Å². The van der Waals surface area contributed by atoms with Crippen molar-refractivity contribution >= 4 is 116 Å². The highest BCUT2D eigenvalue weighted by molar-refractivity contribution is 6.18. The lowest BCUT2D eigenvalue weighted by Crippen LogP contribution is -2.35. The number of para-hydroxylation sites is 5. The first-order valence-electron chi connectivity index (χ1n) is 29.4. The first-order chi connectivity index (χ1) is 41.3. The van der Waals surface area contributed by atoms with Crippen LogP contribution in [0, 0.1) is 33.6 Å². The topological polar surface area (TPSA) is 37.7 Å². The molecule has 5 nitrogen and oxygen atoms in total. The van der Waals surface area contributed by atoms with Crippen molar-refractivity contribution in [1.29, 1.82) is 0 Å². The summed E-state index contributed by atoms with van der Waals surface area (Å²) in [5, 5.41) is 9.27. The van der Waals surface area contributed by atoms with Gasteiger partial charge in [0.1, 0.15) is 11.2 Å². The van der Waals surface area contributed by atoms with Crippen molar-refractivity contribution in [2.75, 3.05) is 9.80 Å². The van der Waals surface area contributed by atoms with E-state index in [1.807, 2.05) is 0 Å². The summed E-state index contributed by atoms with van der Waals surface area (Å²) in [6, 6.07) is 79.5. The third-order valence-electron chi connectivity index (χ3n) is 19.1. The molecule has 84 heavy (non-hydrogen) atoms. The van der Waals surface area contributed by atoms with E-state index in [4.69, 9.17) is 8.83 Å². The molecule has 1 aliphatic heterocycles. The average Bonchev–Trinajstić information content (AvgIpc) is 1.59. The Balaban J connectivity index is 0.999. The van der Waals surface area contributed by atoms with E-state index in [-0.39, 0.29) is 5.92 Å². The molecule has 398 valence electrons. The van der Waals surface area contributed by atoms with Gasteiger partial charge in [0.05, 0.1) is 33.5 Å². The quantitative estimate of drug-likeness (QED) is 0.166. The van der Waals surface area contributed by atoms with E-state index in [9.17, 15) is 0 Å². The summed E-state index contributed by atoms with van der Waals surface area (Å²) in [4.78, 5) is 4.87. The summed E-state index contributed by atoms with van der Waals surface area (Å²) in [6.45, 7) is 8.61. The number of aromatic nitrogens is 1. The molecule has 0 N–H and O–H groups in total. The molecule has 0 amide bonds. The Morgan fingerprint density at radius 1 is 0.452 bits per heavy atom. The lowest BCUT2D eigenvalue weighted by atomic mass is 9.63. The maximum atomic E-state index is 7.14. The fourth-order valence-corrected chi connectivity index (χ4v) is 15.3. The predicted molar refractivity (Wildman–Crippen MR) is 349 cm³/mol. The molecule has 0 saturated carbocycles. The molecule has 1 spiro atoms. The van der Waals surface area contributed by atoms with Gasteiger partial charge in [-0.05, 0) is 168 Å². The van der Waals surface area contributed by atoms with Gasteiger partial charge in [-0.25, -0.2) is 0 Å². The number of aryl methyl sites for hydroxylation is 4. The van der Waals surface area contributed by atoms with Crippen molar-refractivity contribution in [1.82, 2.24) is 4.57 Å². The average molecular weight is 1080 g/mol. The highest BCUT2D eigenvalue weighted by Gasteiger charge is 2.54. The zero-order valence-corrected chi connectivity index (χ0v) is 47.0. The Hall–Kier alpha value is -10.4. The SMILES string of the molecule is Cc1ccc(N(c2ccc3c(c2)c2cc(N(c4ccc(C)cc4)c4cccc5c4oc4c(C)cccc45)cc4c2n3-c2ccccc2C42C3=C(c4c2ccc2ccccc42)C2CC=CC=C2C=C3)c2cccc3c2oc2c(C)cccc23)cc1. The van der Waals surface area contributed by atoms with Gasteiger partial charge in [-0.3, -0.25) is 0 Å². The second-order valence-corrected chi connectivity index (χ2v) is 23.7. The van der Waals surface area contributed by atoms with Gasteiger partial charge < -0.3 is 23.2 Å². The standard InChI is InChI=1S/C79H55N3O2/c1-46-29-35-52(36-30-46)80(70-27-13-23-60-58-21-11-15-48(3)75(58)83-77(60)70)54-39-42-68-62(43-54)63-44-55(81(53-37-31-47(2)32-38-53)71-28-14-24-61-59-22-12-16-49(4)76(59)84-78(61)71)45-67-74(63)82(68)69-26-10-9-25-64(69)79(67)65-40-33-50-17-5-7-19-56(50)72(65)73-57-20-8-6-18-51(57)34-41-66(73)79/h5-19,21-45,57H,20H2,1-4H3. The van der Waals surface area contributed by atoms with Crippen molar-refractivity contribution in [3.05, 3.63) is 298 Å². The first-order valence-corrected chi connectivity index (χ1v) is 29.4. The summed E-state index contributed by atoms with van der Waals surface area (Å²) in [7, 11) is 0. The van der Waals surface area contributed by atoms with Crippen LogP contribution >= 0.6 is 0 Å². The molecular weight excluding hydrogens is 1020 g/mol. The van der Waals surface area contributed by atoms with Crippen LogP contribution in [0.15, 0.2) is 263 Å². The third-order valence-corrected chi connectivity index (χ3v) is 19.1. The van der Waals surface area contributed by atoms with Gasteiger partial charge in [-0.1, -0.05) is 181 Å². The van der Waals surface area contributed by atoms with Gasteiger partial charge in [0.2, 0.25) is 0 Å². The normalized spacial score (nSPS) is 16.6. The van der Waals surface area contributed by atoms with E-state index in [0.717, 1.165) is 112 Å². The van der Waals surface area contributed by atoms with Crippen LogP contribution in [0.25, 0.3) is 87.7 Å². The number of anilines is 6. The Morgan fingerprint density at radius 2 is 1.04 bits per heavy atom. The van der Waals surface area contributed by atoms with Crippen LogP contribution in [0.2, 0.25) is 0 Å². The first kappa shape index (κ1) is 47.3. The zero-order chi connectivity index (χ0) is 55.7. The molecule has 4 heterocycles. The van der Waals surface area contributed by atoms with Crippen LogP contribution < -0.4 is 9.80 Å². The van der Waals surface area contributed by atoms with Gasteiger partial charge in [0.25, 0.3) is 0 Å². The molecule has 3 aromatic heterocycles. The summed E-state index contributed by atoms with van der Waals surface area (Å²) in [5.74, 6) is 0.200. The van der Waals surface area contributed by atoms with Crippen molar-refractivity contribution in [3.63, 3.8) is 0 Å². The maximum absolute atomic E-state index is 7.14. The van der Waals surface area contributed by atoms with Crippen LogP contribution in [0.4, 0.5) is 34.1 Å². The molecule has 0 saturated heterocycles. The van der Waals surface area contributed by atoms with Crippen molar-refractivity contribution < 1.29 is 8.83 Å². The number of hydrogen-bond donors (Lipinski definition) is 0. The second kappa shape index (κ2) is 17.3. The summed E-state index contributed by atoms with van der Waals surface area (Å²) in [5.41, 5.74) is 26.5. The van der Waals surface area contributed by atoms with Crippen LogP contribution in [0.1, 0.15) is 50.9 Å². The van der Waals surface area contributed by atoms with E-state index in [1.54, 1.807) is 0 Å². The van der Waals surface area contributed by atoms with Crippen molar-refractivity contribution in [3.8, 4) is 5.69 Å². The molecule has 18 rings (SSSR count). The van der Waals surface area contributed by atoms with E-state index in [2.05, 4.69) is 285 Å². The number of rotatable bonds is 6. The summed E-state index contributed by atoms with van der Waals surface area (Å²) < 4.78 is 16.7. The molecule has 5 heteroatoms. The molecular formula is C79H55N3O2. The number of allylic oxidation sites excluding steroid dienone is 8. The highest BCUT2D eigenvalue weighted by Crippen LogP contribution is 2.65. The van der Waals surface area contributed by atoms with Crippen LogP contribution in [0.5, 0.6) is 0 Å². The Morgan fingerprint density at radius 3 is 1.73 bits per heavy atom. The number of hydrogen-bond acceptors (Lipinski definition) is 4. The smallest absolute Gasteiger partial charge is 0.159 e. The van der Waals surface area contributed by atoms with Gasteiger partial charge in [0, 0.05) is 61.0 Å². The molecule has 0 radical (unpaired) electrons. The van der Waals surface area contributed by atoms with Gasteiger partial charge in [-0.2, -0.15) is 0 Å². The fourth-order valence-electron chi connectivity index (χ4n) is 15.3. The minimum absolute atomic E-state index is 0.200. The molecule has 2 unspecified atom stereocenters. The minimum atomic E-state index is -0.722. The summed E-state index contributed by atoms with van der Waals surface area (Å²) in [6.07, 6.45) is 12.8. The van der Waals surface area contributed by atoms with Gasteiger partial charge in [0.15, 0.2) is 11.2 Å². The predicted octanol–water partition coefficient (Wildman–Crippen LogP) is 21.4. The molecule has 0 fully saturated rings. The number of benzene rings is 11. The second-order valence-electron chi connectivity index (χ2n) is 23.7. The molecule has 0 bridgehead atoms. The molecule has 4 aliphatic rings. The van der Waals surface area contributed by atoms with E-state index in [0.29, 0.717) is 0 Å². The maximum Gasteiger partial charge on any atom is 0.159 e. The Bertz CT molecular complexity index is 5350. The van der Waals surface area contributed by atoms with E-state index in [1.165, 1.54) is 72.1 Å². The fraction of sp³-hybridized carbons (Fsp3) is 0.0886. The number of nitrogens with zero attached hydrogens (tertiary/aromatic N) is 3. The highest BCUT2D eigenvalue weighted by atomic mass is 16.3. The van der Waals surface area contributed by atoms with E-state index < -0.39 is 5.41 Å². The monoisotopic (exact) mass is 1080 g/mol. The number of furan rings is 2. The molecule has 3 aliphatic carbocycles. The molecule has 2 atom stereocenters. The van der Waals surface area contributed by atoms with Crippen LogP contribution in [0.3, 0.4) is 0 Å². The molecule has 14 aromatic rings. The largest absolute Gasteiger partial charge is 0.454 e. The van der Waals surface area contributed by atoms with Gasteiger partial charge in [-0.15, -0.1) is 0 Å². The lowest BCUT2D eigenvalue weighted by molar-refractivity contribution is 0.665. The minimum Gasteiger partial charge on any atom is -0.454 e.